The molecule has 3 heteroatoms. The van der Waals surface area contributed by atoms with Gasteiger partial charge in [-0.3, -0.25) is 4.79 Å². The van der Waals surface area contributed by atoms with Crippen molar-refractivity contribution in [1.29, 1.82) is 0 Å². The van der Waals surface area contributed by atoms with Gasteiger partial charge in [0.05, 0.1) is 25.0 Å². The van der Waals surface area contributed by atoms with Crippen LogP contribution in [-0.4, -0.2) is 42.7 Å². The molecule has 0 spiro atoms. The van der Waals surface area contributed by atoms with Crippen molar-refractivity contribution < 1.29 is 14.0 Å². The predicted octanol–water partition coefficient (Wildman–Crippen LogP) is 4.16. The number of nitrogens with zero attached hydrogens (tertiary/aromatic N) is 1. The zero-order chi connectivity index (χ0) is 16.2. The van der Waals surface area contributed by atoms with Gasteiger partial charge in [0.25, 0.3) is 0 Å². The van der Waals surface area contributed by atoms with E-state index in [0.29, 0.717) is 18.1 Å². The van der Waals surface area contributed by atoms with E-state index in [9.17, 15) is 4.79 Å². The Bertz CT molecular complexity index is 374. The van der Waals surface area contributed by atoms with Crippen LogP contribution in [0.3, 0.4) is 0 Å². The third-order valence-corrected chi connectivity index (χ3v) is 6.60. The number of likely N-dealkylation sites (tertiary alicyclic amines) is 1. The molecule has 0 aromatic heterocycles. The second-order valence-corrected chi connectivity index (χ2v) is 8.37. The maximum Gasteiger partial charge on any atom is 0.309 e. The summed E-state index contributed by atoms with van der Waals surface area (Å²) in [4.78, 5) is 12.5. The van der Waals surface area contributed by atoms with Crippen LogP contribution in [0.4, 0.5) is 0 Å². The van der Waals surface area contributed by atoms with Crippen LogP contribution < -0.4 is 0 Å². The molecule has 2 aliphatic rings. The average Bonchev–Trinajstić information content (AvgIpc) is 3.05. The fraction of sp³-hybridized carbons (Fsp3) is 0.947. The van der Waals surface area contributed by atoms with Crippen molar-refractivity contribution in [1.82, 2.24) is 0 Å². The number of likely N-dealkylation sites (N-methyl/N-ethyl adjacent to an activating group) is 1. The molecule has 1 aliphatic heterocycles. The van der Waals surface area contributed by atoms with Gasteiger partial charge >= 0.3 is 5.97 Å². The largest absolute Gasteiger partial charge is 0.459 e. The molecule has 0 aromatic carbocycles. The quantitative estimate of drug-likeness (QED) is 0.521. The zero-order valence-corrected chi connectivity index (χ0v) is 15.2. The van der Waals surface area contributed by atoms with Crippen molar-refractivity contribution >= 4 is 5.97 Å². The molecule has 128 valence electrons. The van der Waals surface area contributed by atoms with Gasteiger partial charge < -0.3 is 9.22 Å². The minimum Gasteiger partial charge on any atom is -0.459 e. The summed E-state index contributed by atoms with van der Waals surface area (Å²) >= 11 is 0. The summed E-state index contributed by atoms with van der Waals surface area (Å²) in [6.45, 7) is 9.63. The fourth-order valence-corrected chi connectivity index (χ4v) is 4.52. The number of carbonyl (C=O) groups is 1. The molecule has 22 heavy (non-hydrogen) atoms. The topological polar surface area (TPSA) is 26.3 Å². The standard InChI is InChI=1S/C19H36NO2/c1-5-9-17(16-10-6-7-11-16)18(21)22-15-14-20(4)13-8-12-19(20,2)3/h16-17H,5-15H2,1-4H3/q+1. The Labute approximate surface area is 137 Å². The molecule has 2 rings (SSSR count). The van der Waals surface area contributed by atoms with Gasteiger partial charge in [0.1, 0.15) is 13.2 Å². The monoisotopic (exact) mass is 310 g/mol. The first-order chi connectivity index (χ1) is 10.4. The van der Waals surface area contributed by atoms with Crippen molar-refractivity contribution in [3.05, 3.63) is 0 Å². The van der Waals surface area contributed by atoms with E-state index in [0.717, 1.165) is 23.9 Å². The van der Waals surface area contributed by atoms with E-state index in [1.54, 1.807) is 0 Å². The first kappa shape index (κ1) is 17.8. The van der Waals surface area contributed by atoms with Gasteiger partial charge in [0.2, 0.25) is 0 Å². The summed E-state index contributed by atoms with van der Waals surface area (Å²) in [7, 11) is 2.32. The number of hydrogen-bond acceptors (Lipinski definition) is 2. The highest BCUT2D eigenvalue weighted by Crippen LogP contribution is 2.36. The van der Waals surface area contributed by atoms with Crippen LogP contribution in [0.5, 0.6) is 0 Å². The van der Waals surface area contributed by atoms with Crippen LogP contribution in [-0.2, 0) is 9.53 Å². The van der Waals surface area contributed by atoms with Crippen LogP contribution >= 0.6 is 0 Å². The van der Waals surface area contributed by atoms with Crippen molar-refractivity contribution in [3.63, 3.8) is 0 Å². The van der Waals surface area contributed by atoms with Crippen molar-refractivity contribution in [2.75, 3.05) is 26.7 Å². The number of ether oxygens (including phenoxy) is 1. The molecular formula is C19H36NO2+. The predicted molar refractivity (Wildman–Crippen MR) is 90.5 cm³/mol. The Hall–Kier alpha value is -0.570. The van der Waals surface area contributed by atoms with Crippen LogP contribution in [0, 0.1) is 11.8 Å². The lowest BCUT2D eigenvalue weighted by Crippen LogP contribution is -2.56. The minimum atomic E-state index is 0.0809. The molecule has 2 fully saturated rings. The Kier molecular flexibility index (Phi) is 5.93. The van der Waals surface area contributed by atoms with Crippen molar-refractivity contribution in [3.8, 4) is 0 Å². The highest BCUT2D eigenvalue weighted by atomic mass is 16.5. The first-order valence-corrected chi connectivity index (χ1v) is 9.41. The molecule has 2 atom stereocenters. The van der Waals surface area contributed by atoms with E-state index in [1.807, 2.05) is 0 Å². The second-order valence-electron chi connectivity index (χ2n) is 8.37. The van der Waals surface area contributed by atoms with E-state index >= 15 is 0 Å². The lowest BCUT2D eigenvalue weighted by atomic mass is 9.87. The number of quaternary nitrogens is 1. The normalized spacial score (nSPS) is 29.6. The summed E-state index contributed by atoms with van der Waals surface area (Å²) in [6.07, 6.45) is 9.68. The third-order valence-electron chi connectivity index (χ3n) is 6.60. The van der Waals surface area contributed by atoms with E-state index in [4.69, 9.17) is 4.74 Å². The number of carbonyl (C=O) groups excluding carboxylic acids is 1. The number of esters is 1. The Balaban J connectivity index is 1.83. The SMILES string of the molecule is CCCC(C(=O)OCC[N+]1(C)CCCC1(C)C)C1CCCC1. The molecular weight excluding hydrogens is 274 g/mol. The maximum atomic E-state index is 12.5. The maximum absolute atomic E-state index is 12.5. The van der Waals surface area contributed by atoms with Crippen LogP contribution in [0.25, 0.3) is 0 Å². The van der Waals surface area contributed by atoms with E-state index < -0.39 is 0 Å². The summed E-state index contributed by atoms with van der Waals surface area (Å²) in [5, 5.41) is 0. The molecule has 1 aliphatic carbocycles. The lowest BCUT2D eigenvalue weighted by Gasteiger charge is -2.42. The summed E-state index contributed by atoms with van der Waals surface area (Å²) in [5.41, 5.74) is 0.320. The highest BCUT2D eigenvalue weighted by molar-refractivity contribution is 5.72. The van der Waals surface area contributed by atoms with Crippen LogP contribution in [0.2, 0.25) is 0 Å². The van der Waals surface area contributed by atoms with Gasteiger partial charge in [-0.15, -0.1) is 0 Å². The smallest absolute Gasteiger partial charge is 0.309 e. The molecule has 3 nitrogen and oxygen atoms in total. The molecule has 1 saturated carbocycles. The van der Waals surface area contributed by atoms with Gasteiger partial charge in [0, 0.05) is 12.8 Å². The number of rotatable bonds is 7. The summed E-state index contributed by atoms with van der Waals surface area (Å²) in [6, 6.07) is 0. The van der Waals surface area contributed by atoms with Gasteiger partial charge in [0.15, 0.2) is 0 Å². The molecule has 1 heterocycles. The Morgan fingerprint density at radius 3 is 2.50 bits per heavy atom. The van der Waals surface area contributed by atoms with Gasteiger partial charge in [-0.25, -0.2) is 0 Å². The van der Waals surface area contributed by atoms with E-state index in [-0.39, 0.29) is 11.9 Å². The molecule has 0 radical (unpaired) electrons. The molecule has 0 N–H and O–H groups in total. The van der Waals surface area contributed by atoms with Crippen molar-refractivity contribution in [2.24, 2.45) is 11.8 Å². The molecule has 2 unspecified atom stereocenters. The zero-order valence-electron chi connectivity index (χ0n) is 15.2. The van der Waals surface area contributed by atoms with Gasteiger partial charge in [-0.2, -0.15) is 0 Å². The van der Waals surface area contributed by atoms with Gasteiger partial charge in [-0.1, -0.05) is 26.2 Å². The van der Waals surface area contributed by atoms with Crippen LogP contribution in [0.1, 0.15) is 72.1 Å². The average molecular weight is 311 g/mol. The fourth-order valence-electron chi connectivity index (χ4n) is 4.52. The summed E-state index contributed by atoms with van der Waals surface area (Å²) in [5.74, 6) is 0.821. The molecule has 0 amide bonds. The van der Waals surface area contributed by atoms with E-state index in [2.05, 4.69) is 27.8 Å². The highest BCUT2D eigenvalue weighted by Gasteiger charge is 2.44. The number of hydrogen-bond donors (Lipinski definition) is 0. The minimum absolute atomic E-state index is 0.0809. The Morgan fingerprint density at radius 2 is 1.95 bits per heavy atom. The van der Waals surface area contributed by atoms with Crippen LogP contribution in [0.15, 0.2) is 0 Å². The lowest BCUT2D eigenvalue weighted by molar-refractivity contribution is -0.942. The second kappa shape index (κ2) is 7.33. The van der Waals surface area contributed by atoms with Gasteiger partial charge in [-0.05, 0) is 39.0 Å². The molecule has 0 bridgehead atoms. The Morgan fingerprint density at radius 1 is 1.27 bits per heavy atom. The third kappa shape index (κ3) is 3.84. The molecule has 1 saturated heterocycles. The first-order valence-electron chi connectivity index (χ1n) is 9.41. The summed E-state index contributed by atoms with van der Waals surface area (Å²) < 4.78 is 6.78. The van der Waals surface area contributed by atoms with Crippen molar-refractivity contribution in [2.45, 2.75) is 77.7 Å². The van der Waals surface area contributed by atoms with E-state index in [1.165, 1.54) is 45.1 Å². The molecule has 0 aromatic rings.